The van der Waals surface area contributed by atoms with Gasteiger partial charge in [-0.3, -0.25) is 14.4 Å². The second kappa shape index (κ2) is 7.09. The van der Waals surface area contributed by atoms with Gasteiger partial charge in [-0.25, -0.2) is 4.79 Å². The van der Waals surface area contributed by atoms with Gasteiger partial charge < -0.3 is 10.2 Å². The summed E-state index contributed by atoms with van der Waals surface area (Å²) in [5.41, 5.74) is 0.836. The number of carbonyl (C=O) groups is 2. The molecule has 1 aromatic rings. The molecule has 9 heteroatoms. The van der Waals surface area contributed by atoms with E-state index in [2.05, 4.69) is 10.4 Å². The van der Waals surface area contributed by atoms with Gasteiger partial charge in [0, 0.05) is 38.2 Å². The number of alkyl halides is 1. The Morgan fingerprint density at radius 2 is 2.20 bits per heavy atom. The van der Waals surface area contributed by atoms with E-state index >= 15 is 0 Å². The Morgan fingerprint density at radius 3 is 2.84 bits per heavy atom. The van der Waals surface area contributed by atoms with Gasteiger partial charge in [0.2, 0.25) is 5.91 Å². The number of anilines is 1. The van der Waals surface area contributed by atoms with E-state index in [0.717, 1.165) is 5.57 Å². The predicted molar refractivity (Wildman–Crippen MR) is 96.8 cm³/mol. The maximum absolute atomic E-state index is 12.5. The van der Waals surface area contributed by atoms with Crippen molar-refractivity contribution in [1.82, 2.24) is 20.0 Å². The van der Waals surface area contributed by atoms with E-state index in [9.17, 15) is 9.59 Å². The quantitative estimate of drug-likeness (QED) is 0.806. The SMILES string of the molecule is CN1C(=O)N(c2ccnn2C)CC1C(=O)NCC1=C(Cl)CC(Cl)C=C1. The molecular formula is C16H19Cl2N5O2. The summed E-state index contributed by atoms with van der Waals surface area (Å²) in [7, 11) is 3.37. The molecule has 25 heavy (non-hydrogen) atoms. The fourth-order valence-electron chi connectivity index (χ4n) is 2.92. The van der Waals surface area contributed by atoms with Crippen molar-refractivity contribution in [2.75, 3.05) is 25.0 Å². The fraction of sp³-hybridized carbons (Fsp3) is 0.438. The first-order valence-corrected chi connectivity index (χ1v) is 8.69. The summed E-state index contributed by atoms with van der Waals surface area (Å²) < 4.78 is 1.60. The highest BCUT2D eigenvalue weighted by Crippen LogP contribution is 2.26. The van der Waals surface area contributed by atoms with Crippen molar-refractivity contribution in [2.24, 2.45) is 7.05 Å². The highest BCUT2D eigenvalue weighted by Gasteiger charge is 2.40. The van der Waals surface area contributed by atoms with Crippen LogP contribution in [0.25, 0.3) is 0 Å². The molecule has 0 bridgehead atoms. The Hall–Kier alpha value is -1.99. The highest BCUT2D eigenvalue weighted by atomic mass is 35.5. The fourth-order valence-corrected chi connectivity index (χ4v) is 3.52. The number of nitrogens with one attached hydrogen (secondary N) is 1. The Morgan fingerprint density at radius 1 is 1.44 bits per heavy atom. The third kappa shape index (κ3) is 3.52. The number of likely N-dealkylation sites (N-methyl/N-ethyl adjacent to an activating group) is 1. The van der Waals surface area contributed by atoms with Gasteiger partial charge in [0.05, 0.1) is 18.1 Å². The monoisotopic (exact) mass is 383 g/mol. The van der Waals surface area contributed by atoms with Crippen LogP contribution in [0.4, 0.5) is 10.6 Å². The van der Waals surface area contributed by atoms with Crippen LogP contribution in [0.2, 0.25) is 0 Å². The molecule has 1 N–H and O–H groups in total. The van der Waals surface area contributed by atoms with Gasteiger partial charge in [-0.15, -0.1) is 11.6 Å². The van der Waals surface area contributed by atoms with Crippen molar-refractivity contribution >= 4 is 41.0 Å². The molecule has 1 aromatic heterocycles. The molecule has 7 nitrogen and oxygen atoms in total. The molecule has 134 valence electrons. The Bertz CT molecular complexity index is 757. The number of hydrogen-bond acceptors (Lipinski definition) is 3. The summed E-state index contributed by atoms with van der Waals surface area (Å²) in [5, 5.41) is 7.45. The molecule has 2 unspecified atom stereocenters. The molecule has 0 aromatic carbocycles. The number of aromatic nitrogens is 2. The Kier molecular flexibility index (Phi) is 5.06. The van der Waals surface area contributed by atoms with Crippen LogP contribution in [0.15, 0.2) is 35.0 Å². The number of urea groups is 1. The second-order valence-electron chi connectivity index (χ2n) is 6.06. The predicted octanol–water partition coefficient (Wildman–Crippen LogP) is 1.84. The van der Waals surface area contributed by atoms with Gasteiger partial charge in [0.25, 0.3) is 0 Å². The summed E-state index contributed by atoms with van der Waals surface area (Å²) in [5.74, 6) is 0.431. The molecule has 0 saturated carbocycles. The largest absolute Gasteiger partial charge is 0.350 e. The number of halogens is 2. The maximum atomic E-state index is 12.5. The van der Waals surface area contributed by atoms with Crippen molar-refractivity contribution in [2.45, 2.75) is 17.8 Å². The summed E-state index contributed by atoms with van der Waals surface area (Å²) in [6.07, 6.45) is 5.85. The van der Waals surface area contributed by atoms with Crippen molar-refractivity contribution in [3.63, 3.8) is 0 Å². The minimum Gasteiger partial charge on any atom is -0.350 e. The standard InChI is InChI=1S/C16H19Cl2N5O2/c1-21-13(9-23(16(21)25)14-5-6-20-22(14)2)15(24)19-8-10-3-4-11(17)7-12(10)18/h3-6,11,13H,7-9H2,1-2H3,(H,19,24). The topological polar surface area (TPSA) is 70.5 Å². The van der Waals surface area contributed by atoms with E-state index in [1.807, 2.05) is 12.2 Å². The average molecular weight is 384 g/mol. The van der Waals surface area contributed by atoms with E-state index in [1.165, 1.54) is 4.90 Å². The third-order valence-electron chi connectivity index (χ3n) is 4.41. The molecule has 2 atom stereocenters. The van der Waals surface area contributed by atoms with Gasteiger partial charge in [0.1, 0.15) is 11.9 Å². The first-order chi connectivity index (χ1) is 11.9. The molecule has 1 aliphatic carbocycles. The van der Waals surface area contributed by atoms with Gasteiger partial charge in [0.15, 0.2) is 0 Å². The lowest BCUT2D eigenvalue weighted by molar-refractivity contribution is -0.124. The number of allylic oxidation sites excluding steroid dienone is 2. The highest BCUT2D eigenvalue weighted by molar-refractivity contribution is 6.31. The lowest BCUT2D eigenvalue weighted by Gasteiger charge is -2.19. The van der Waals surface area contributed by atoms with E-state index in [0.29, 0.717) is 23.8 Å². The normalized spacial score (nSPS) is 23.6. The van der Waals surface area contributed by atoms with E-state index < -0.39 is 6.04 Å². The van der Waals surface area contributed by atoms with Gasteiger partial charge in [-0.05, 0) is 5.57 Å². The first-order valence-electron chi connectivity index (χ1n) is 7.88. The van der Waals surface area contributed by atoms with Crippen LogP contribution in [0.5, 0.6) is 0 Å². The summed E-state index contributed by atoms with van der Waals surface area (Å²) in [6.45, 7) is 0.578. The minimum atomic E-state index is -0.574. The van der Waals surface area contributed by atoms with Crippen LogP contribution >= 0.6 is 23.2 Å². The van der Waals surface area contributed by atoms with Crippen LogP contribution < -0.4 is 10.2 Å². The maximum Gasteiger partial charge on any atom is 0.326 e. The second-order valence-corrected chi connectivity index (χ2v) is 7.08. The summed E-state index contributed by atoms with van der Waals surface area (Å²) in [6, 6.07) is 0.935. The molecule has 3 amide bonds. The Balaban J connectivity index is 1.65. The number of aryl methyl sites for hydroxylation is 1. The van der Waals surface area contributed by atoms with Crippen LogP contribution in [-0.4, -0.2) is 58.2 Å². The van der Waals surface area contributed by atoms with E-state index in [4.69, 9.17) is 23.2 Å². The lowest BCUT2D eigenvalue weighted by Crippen LogP contribution is -2.44. The average Bonchev–Trinajstić information content (AvgIpc) is 3.11. The number of nitrogens with zero attached hydrogens (tertiary/aromatic N) is 4. The van der Waals surface area contributed by atoms with Crippen molar-refractivity contribution in [3.8, 4) is 0 Å². The zero-order chi connectivity index (χ0) is 18.1. The summed E-state index contributed by atoms with van der Waals surface area (Å²) in [4.78, 5) is 28.0. The van der Waals surface area contributed by atoms with Crippen LogP contribution in [-0.2, 0) is 11.8 Å². The lowest BCUT2D eigenvalue weighted by atomic mass is 10.1. The molecular weight excluding hydrogens is 365 g/mol. The summed E-state index contributed by atoms with van der Waals surface area (Å²) >= 11 is 12.2. The van der Waals surface area contributed by atoms with E-state index in [1.54, 1.807) is 35.9 Å². The molecule has 2 aliphatic rings. The van der Waals surface area contributed by atoms with Gasteiger partial charge >= 0.3 is 6.03 Å². The number of amides is 3. The molecule has 3 rings (SSSR count). The number of carbonyl (C=O) groups excluding carboxylic acids is 2. The Labute approximate surface area is 155 Å². The van der Waals surface area contributed by atoms with Crippen LogP contribution in [0.1, 0.15) is 6.42 Å². The minimum absolute atomic E-state index is 0.113. The molecule has 0 radical (unpaired) electrons. The number of rotatable bonds is 4. The molecule has 1 fully saturated rings. The van der Waals surface area contributed by atoms with Crippen LogP contribution in [0, 0.1) is 0 Å². The van der Waals surface area contributed by atoms with Crippen molar-refractivity contribution in [3.05, 3.63) is 35.0 Å². The van der Waals surface area contributed by atoms with Gasteiger partial charge in [-0.2, -0.15) is 5.10 Å². The smallest absolute Gasteiger partial charge is 0.326 e. The molecule has 1 aliphatic heterocycles. The zero-order valence-corrected chi connectivity index (χ0v) is 15.5. The van der Waals surface area contributed by atoms with Crippen molar-refractivity contribution in [1.29, 1.82) is 0 Å². The molecule has 2 heterocycles. The first kappa shape index (κ1) is 17.8. The third-order valence-corrected chi connectivity index (χ3v) is 5.11. The van der Waals surface area contributed by atoms with Gasteiger partial charge in [-0.1, -0.05) is 23.8 Å². The zero-order valence-electron chi connectivity index (χ0n) is 13.9. The van der Waals surface area contributed by atoms with E-state index in [-0.39, 0.29) is 23.9 Å². The van der Waals surface area contributed by atoms with Crippen molar-refractivity contribution < 1.29 is 9.59 Å². The number of hydrogen-bond donors (Lipinski definition) is 1. The van der Waals surface area contributed by atoms with Crippen LogP contribution in [0.3, 0.4) is 0 Å². The molecule has 0 spiro atoms. The molecule has 1 saturated heterocycles.